The van der Waals surface area contributed by atoms with Crippen LogP contribution in [0.3, 0.4) is 0 Å². The molecule has 3 amide bonds. The SMILES string of the molecule is CC(C)[C@H](NC(=O)CN1CCN(C(=O)N(C)Cc2ccccc2)CC1)c1ccc2c(c1)OCCCO2. The maximum atomic E-state index is 13.0. The van der Waals surface area contributed by atoms with E-state index in [0.29, 0.717) is 52.5 Å². The molecule has 2 aromatic rings. The van der Waals surface area contributed by atoms with Gasteiger partial charge in [0.2, 0.25) is 5.91 Å². The molecule has 1 fully saturated rings. The summed E-state index contributed by atoms with van der Waals surface area (Å²) < 4.78 is 11.6. The van der Waals surface area contributed by atoms with Crippen LogP contribution in [0.1, 0.15) is 37.4 Å². The van der Waals surface area contributed by atoms with Crippen molar-refractivity contribution < 1.29 is 19.1 Å². The van der Waals surface area contributed by atoms with Gasteiger partial charge in [0.05, 0.1) is 25.8 Å². The van der Waals surface area contributed by atoms with Gasteiger partial charge in [0.1, 0.15) is 0 Å². The van der Waals surface area contributed by atoms with Crippen molar-refractivity contribution in [3.8, 4) is 11.5 Å². The van der Waals surface area contributed by atoms with Crippen LogP contribution in [0.4, 0.5) is 4.79 Å². The molecule has 1 N–H and O–H groups in total. The Bertz CT molecular complexity index is 1020. The number of benzene rings is 2. The van der Waals surface area contributed by atoms with Gasteiger partial charge in [-0.1, -0.05) is 50.2 Å². The van der Waals surface area contributed by atoms with Gasteiger partial charge in [-0.2, -0.15) is 0 Å². The number of carbonyl (C=O) groups is 2. The first-order valence-corrected chi connectivity index (χ1v) is 12.9. The number of carbonyl (C=O) groups excluding carboxylic acids is 2. The molecular weight excluding hydrogens is 456 g/mol. The van der Waals surface area contributed by atoms with Crippen molar-refractivity contribution >= 4 is 11.9 Å². The van der Waals surface area contributed by atoms with E-state index >= 15 is 0 Å². The van der Waals surface area contributed by atoms with E-state index in [2.05, 4.69) is 24.1 Å². The van der Waals surface area contributed by atoms with Crippen molar-refractivity contribution in [3.63, 3.8) is 0 Å². The Morgan fingerprint density at radius 3 is 2.36 bits per heavy atom. The molecule has 8 nitrogen and oxygen atoms in total. The molecule has 2 aromatic carbocycles. The fraction of sp³-hybridized carbons (Fsp3) is 0.500. The summed E-state index contributed by atoms with van der Waals surface area (Å²) >= 11 is 0. The van der Waals surface area contributed by atoms with Crippen LogP contribution >= 0.6 is 0 Å². The van der Waals surface area contributed by atoms with Gasteiger partial charge in [0.25, 0.3) is 0 Å². The summed E-state index contributed by atoms with van der Waals surface area (Å²) in [6.45, 7) is 8.96. The molecule has 2 aliphatic heterocycles. The van der Waals surface area contributed by atoms with Crippen LogP contribution < -0.4 is 14.8 Å². The van der Waals surface area contributed by atoms with E-state index in [1.54, 1.807) is 4.90 Å². The van der Waals surface area contributed by atoms with E-state index in [1.165, 1.54) is 0 Å². The number of rotatable bonds is 7. The number of hydrogen-bond donors (Lipinski definition) is 1. The largest absolute Gasteiger partial charge is 0.490 e. The lowest BCUT2D eigenvalue weighted by molar-refractivity contribution is -0.123. The van der Waals surface area contributed by atoms with E-state index in [1.807, 2.05) is 60.5 Å². The van der Waals surface area contributed by atoms with Gasteiger partial charge in [-0.15, -0.1) is 0 Å². The molecule has 0 aliphatic carbocycles. The second-order valence-corrected chi connectivity index (χ2v) is 9.93. The minimum Gasteiger partial charge on any atom is -0.490 e. The number of amides is 3. The molecule has 0 spiro atoms. The lowest BCUT2D eigenvalue weighted by atomic mass is 9.95. The van der Waals surface area contributed by atoms with Crippen molar-refractivity contribution in [1.82, 2.24) is 20.0 Å². The van der Waals surface area contributed by atoms with Crippen molar-refractivity contribution in [1.29, 1.82) is 0 Å². The number of urea groups is 1. The van der Waals surface area contributed by atoms with Crippen molar-refractivity contribution in [3.05, 3.63) is 59.7 Å². The van der Waals surface area contributed by atoms with Gasteiger partial charge in [-0.05, 0) is 29.2 Å². The molecule has 1 atom stereocenters. The molecule has 194 valence electrons. The topological polar surface area (TPSA) is 74.4 Å². The summed E-state index contributed by atoms with van der Waals surface area (Å²) in [5.41, 5.74) is 2.12. The van der Waals surface area contributed by atoms with Gasteiger partial charge in [0, 0.05) is 46.2 Å². The fourth-order valence-corrected chi connectivity index (χ4v) is 4.69. The maximum absolute atomic E-state index is 13.0. The molecule has 2 aliphatic rings. The maximum Gasteiger partial charge on any atom is 0.320 e. The Kier molecular flexibility index (Phi) is 8.70. The highest BCUT2D eigenvalue weighted by Crippen LogP contribution is 2.34. The fourth-order valence-electron chi connectivity index (χ4n) is 4.69. The molecule has 0 aromatic heterocycles. The molecule has 0 saturated carbocycles. The Balaban J connectivity index is 1.27. The van der Waals surface area contributed by atoms with E-state index in [-0.39, 0.29) is 23.9 Å². The van der Waals surface area contributed by atoms with Crippen molar-refractivity contribution in [2.75, 3.05) is 53.0 Å². The highest BCUT2D eigenvalue weighted by molar-refractivity contribution is 5.79. The zero-order valence-electron chi connectivity index (χ0n) is 21.6. The standard InChI is InChI=1S/C28H38N4O4/c1-21(2)27(23-10-11-24-25(18-23)36-17-7-16-35-24)29-26(33)20-31-12-14-32(15-13-31)28(34)30(3)19-22-8-5-4-6-9-22/h4-6,8-11,18,21,27H,7,12-17,19-20H2,1-3H3,(H,29,33)/t27-/m0/s1. The smallest absolute Gasteiger partial charge is 0.320 e. The van der Waals surface area contributed by atoms with Gasteiger partial charge < -0.3 is 24.6 Å². The quantitative estimate of drug-likeness (QED) is 0.638. The summed E-state index contributed by atoms with van der Waals surface area (Å²) in [7, 11) is 1.83. The average Bonchev–Trinajstić information content (AvgIpc) is 3.13. The van der Waals surface area contributed by atoms with Gasteiger partial charge in [-0.3, -0.25) is 9.69 Å². The average molecular weight is 495 g/mol. The number of ether oxygens (including phenoxy) is 2. The van der Waals surface area contributed by atoms with Crippen molar-refractivity contribution in [2.24, 2.45) is 5.92 Å². The first kappa shape index (κ1) is 25.8. The molecule has 36 heavy (non-hydrogen) atoms. The molecule has 0 unspecified atom stereocenters. The van der Waals surface area contributed by atoms with Gasteiger partial charge >= 0.3 is 6.03 Å². The van der Waals surface area contributed by atoms with E-state index in [9.17, 15) is 9.59 Å². The van der Waals surface area contributed by atoms with Crippen LogP contribution in [0.5, 0.6) is 11.5 Å². The van der Waals surface area contributed by atoms with Gasteiger partial charge in [-0.25, -0.2) is 4.79 Å². The third kappa shape index (κ3) is 6.69. The highest BCUT2D eigenvalue weighted by Gasteiger charge is 2.26. The summed E-state index contributed by atoms with van der Waals surface area (Å²) in [4.78, 5) is 31.6. The van der Waals surface area contributed by atoms with Gasteiger partial charge in [0.15, 0.2) is 11.5 Å². The predicted octanol–water partition coefficient (Wildman–Crippen LogP) is 3.53. The predicted molar refractivity (Wildman–Crippen MR) is 139 cm³/mol. The second-order valence-electron chi connectivity index (χ2n) is 9.93. The number of nitrogens with one attached hydrogen (secondary N) is 1. The van der Waals surface area contributed by atoms with E-state index in [0.717, 1.165) is 29.0 Å². The molecule has 0 bridgehead atoms. The Morgan fingerprint density at radius 2 is 1.67 bits per heavy atom. The zero-order chi connectivity index (χ0) is 25.5. The summed E-state index contributed by atoms with van der Waals surface area (Å²) in [6, 6.07) is 15.8. The van der Waals surface area contributed by atoms with Crippen LogP contribution in [0, 0.1) is 5.92 Å². The normalized spacial score (nSPS) is 16.8. The van der Waals surface area contributed by atoms with Crippen LogP contribution in [-0.2, 0) is 11.3 Å². The van der Waals surface area contributed by atoms with Crippen LogP contribution in [0.15, 0.2) is 48.5 Å². The molecule has 2 heterocycles. The second kappa shape index (κ2) is 12.1. The van der Waals surface area contributed by atoms with E-state index < -0.39 is 0 Å². The Hall–Kier alpha value is -3.26. The first-order chi connectivity index (χ1) is 17.4. The summed E-state index contributed by atoms with van der Waals surface area (Å²) in [6.07, 6.45) is 0.858. The molecular formula is C28H38N4O4. The van der Waals surface area contributed by atoms with Crippen LogP contribution in [-0.4, -0.2) is 79.6 Å². The number of fused-ring (bicyclic) bond motifs is 1. The molecule has 1 saturated heterocycles. The number of piperazine rings is 1. The lowest BCUT2D eigenvalue weighted by Crippen LogP contribution is -2.53. The molecule has 8 heteroatoms. The molecule has 0 radical (unpaired) electrons. The van der Waals surface area contributed by atoms with E-state index in [4.69, 9.17) is 9.47 Å². The zero-order valence-corrected chi connectivity index (χ0v) is 21.6. The Labute approximate surface area is 214 Å². The lowest BCUT2D eigenvalue weighted by Gasteiger charge is -2.36. The molecule has 4 rings (SSSR count). The van der Waals surface area contributed by atoms with Crippen LogP contribution in [0.25, 0.3) is 0 Å². The minimum absolute atomic E-state index is 0.0122. The van der Waals surface area contributed by atoms with Crippen LogP contribution in [0.2, 0.25) is 0 Å². The monoisotopic (exact) mass is 494 g/mol. The van der Waals surface area contributed by atoms with Crippen molar-refractivity contribution in [2.45, 2.75) is 32.9 Å². The number of hydrogen-bond acceptors (Lipinski definition) is 5. The number of nitrogens with zero attached hydrogens (tertiary/aromatic N) is 3. The third-order valence-electron chi connectivity index (χ3n) is 6.71. The summed E-state index contributed by atoms with van der Waals surface area (Å²) in [5.74, 6) is 1.70. The third-order valence-corrected chi connectivity index (χ3v) is 6.71. The first-order valence-electron chi connectivity index (χ1n) is 12.9. The summed E-state index contributed by atoms with van der Waals surface area (Å²) in [5, 5.41) is 3.22. The highest BCUT2D eigenvalue weighted by atomic mass is 16.5. The minimum atomic E-state index is -0.121. The Morgan fingerprint density at radius 1 is 0.972 bits per heavy atom.